The first-order valence-corrected chi connectivity index (χ1v) is 8.54. The Balaban J connectivity index is 2.19. The average molecular weight is 367 g/mol. The molecule has 0 saturated carbocycles. The molecule has 0 radical (unpaired) electrons. The van der Waals surface area contributed by atoms with Crippen molar-refractivity contribution in [2.75, 3.05) is 13.2 Å². The van der Waals surface area contributed by atoms with E-state index in [1.54, 1.807) is 20.0 Å². The lowest BCUT2D eigenvalue weighted by atomic mass is 10.1. The molecule has 0 aromatic carbocycles. The maximum atomic E-state index is 12.0. The van der Waals surface area contributed by atoms with Crippen LogP contribution in [0.3, 0.4) is 0 Å². The maximum absolute atomic E-state index is 12.0. The summed E-state index contributed by atoms with van der Waals surface area (Å²) in [6.07, 6.45) is 0.167. The second-order valence-electron chi connectivity index (χ2n) is 6.16. The number of hydrogen-bond acceptors (Lipinski definition) is 8. The molecule has 2 rings (SSSR count). The molecular weight excluding hydrogens is 342 g/mol. The molecule has 144 valence electrons. The lowest BCUT2D eigenvalue weighted by Gasteiger charge is -2.34. The van der Waals surface area contributed by atoms with Gasteiger partial charge in [0.15, 0.2) is 0 Å². The van der Waals surface area contributed by atoms with Gasteiger partial charge in [-0.3, -0.25) is 4.98 Å². The number of aryl methyl sites for hydroxylation is 1. The highest BCUT2D eigenvalue weighted by Crippen LogP contribution is 2.35. The zero-order chi connectivity index (χ0) is 19.3. The number of fused-ring (bicyclic) bond motifs is 1. The number of carbonyl (C=O) groups is 2. The van der Waals surface area contributed by atoms with Gasteiger partial charge in [0.05, 0.1) is 32.1 Å². The number of esters is 2. The van der Waals surface area contributed by atoms with Crippen molar-refractivity contribution in [3.05, 3.63) is 23.0 Å². The lowest BCUT2D eigenvalue weighted by molar-refractivity contribution is -0.181. The van der Waals surface area contributed by atoms with Gasteiger partial charge in [-0.2, -0.15) is 0 Å². The minimum atomic E-state index is -1.45. The number of pyridine rings is 1. The van der Waals surface area contributed by atoms with E-state index in [9.17, 15) is 9.59 Å². The smallest absolute Gasteiger partial charge is 0.347 e. The van der Waals surface area contributed by atoms with E-state index in [0.717, 1.165) is 11.3 Å². The molecule has 1 aromatic rings. The number of hydrogen-bond donors (Lipinski definition) is 0. The van der Waals surface area contributed by atoms with Crippen molar-refractivity contribution in [2.24, 2.45) is 0 Å². The molecule has 0 N–H and O–H groups in total. The molecule has 2 heterocycles. The zero-order valence-electron chi connectivity index (χ0n) is 15.8. The molecule has 0 amide bonds. The first-order chi connectivity index (χ1) is 12.3. The van der Waals surface area contributed by atoms with Crippen molar-refractivity contribution in [3.63, 3.8) is 0 Å². The molecular formula is C18H25NO7. The zero-order valence-corrected chi connectivity index (χ0v) is 15.8. The van der Waals surface area contributed by atoms with Crippen molar-refractivity contribution in [1.29, 1.82) is 0 Å². The van der Waals surface area contributed by atoms with E-state index >= 15 is 0 Å². The van der Waals surface area contributed by atoms with Gasteiger partial charge in [-0.05, 0) is 20.8 Å². The summed E-state index contributed by atoms with van der Waals surface area (Å²) in [5.74, 6) is -1.69. The van der Waals surface area contributed by atoms with Gasteiger partial charge in [-0.1, -0.05) is 0 Å². The van der Waals surface area contributed by atoms with Gasteiger partial charge in [-0.15, -0.1) is 0 Å². The summed E-state index contributed by atoms with van der Waals surface area (Å²) in [5.41, 5.74) is 2.18. The van der Waals surface area contributed by atoms with Gasteiger partial charge in [0.2, 0.25) is 5.79 Å². The Labute approximate surface area is 152 Å². The Morgan fingerprint density at radius 2 is 1.85 bits per heavy atom. The highest BCUT2D eigenvalue weighted by Gasteiger charge is 2.33. The van der Waals surface area contributed by atoms with E-state index in [1.165, 1.54) is 0 Å². The van der Waals surface area contributed by atoms with Crippen molar-refractivity contribution < 1.29 is 33.3 Å². The first kappa shape index (κ1) is 20.1. The molecule has 0 aliphatic carbocycles. The third kappa shape index (κ3) is 4.70. The molecule has 1 aliphatic heterocycles. The topological polar surface area (TPSA) is 93.2 Å². The molecule has 0 saturated heterocycles. The number of nitrogens with zero attached hydrogens (tertiary/aromatic N) is 1. The summed E-state index contributed by atoms with van der Waals surface area (Å²) in [5, 5.41) is 0. The van der Waals surface area contributed by atoms with Crippen LogP contribution in [0.2, 0.25) is 0 Å². The Kier molecular flexibility index (Phi) is 6.55. The molecule has 8 nitrogen and oxygen atoms in total. The van der Waals surface area contributed by atoms with E-state index in [1.807, 2.05) is 20.8 Å². The maximum Gasteiger partial charge on any atom is 0.347 e. The molecule has 1 aromatic heterocycles. The summed E-state index contributed by atoms with van der Waals surface area (Å²) in [6, 6.07) is 0. The van der Waals surface area contributed by atoms with E-state index < -0.39 is 23.8 Å². The molecule has 26 heavy (non-hydrogen) atoms. The Morgan fingerprint density at radius 3 is 2.42 bits per heavy atom. The normalized spacial score (nSPS) is 15.2. The first-order valence-electron chi connectivity index (χ1n) is 8.54. The summed E-state index contributed by atoms with van der Waals surface area (Å²) in [6.45, 7) is 9.32. The van der Waals surface area contributed by atoms with Crippen LogP contribution in [-0.2, 0) is 41.8 Å². The van der Waals surface area contributed by atoms with Crippen molar-refractivity contribution in [2.45, 2.75) is 59.7 Å². The van der Waals surface area contributed by atoms with Crippen LogP contribution in [0.25, 0.3) is 0 Å². The predicted octanol–water partition coefficient (Wildman–Crippen LogP) is 2.05. The summed E-state index contributed by atoms with van der Waals surface area (Å²) in [4.78, 5) is 28.3. The molecule has 0 atom stereocenters. The highest BCUT2D eigenvalue weighted by molar-refractivity contribution is 5.98. The van der Waals surface area contributed by atoms with Crippen LogP contribution in [0.15, 0.2) is 6.20 Å². The summed E-state index contributed by atoms with van der Waals surface area (Å²) in [7, 11) is 0. The Morgan fingerprint density at radius 1 is 1.23 bits per heavy atom. The number of rotatable bonds is 7. The van der Waals surface area contributed by atoms with Gasteiger partial charge in [-0.25, -0.2) is 9.59 Å². The molecule has 0 unspecified atom stereocenters. The minimum absolute atomic E-state index is 0.0366. The van der Waals surface area contributed by atoms with Crippen LogP contribution in [0.4, 0.5) is 0 Å². The SMILES string of the molecule is CCOC(=O)C(OCc1cnc(C)c2c1COC(C)(C)O2)C(=O)OCC. The molecule has 1 aliphatic rings. The lowest BCUT2D eigenvalue weighted by Crippen LogP contribution is -2.37. The fourth-order valence-corrected chi connectivity index (χ4v) is 2.46. The summed E-state index contributed by atoms with van der Waals surface area (Å²) >= 11 is 0. The highest BCUT2D eigenvalue weighted by atomic mass is 16.7. The Hall–Kier alpha value is -2.19. The Bertz CT molecular complexity index is 654. The van der Waals surface area contributed by atoms with Crippen LogP contribution < -0.4 is 4.74 Å². The quantitative estimate of drug-likeness (QED) is 0.534. The van der Waals surface area contributed by atoms with Gasteiger partial charge in [0.25, 0.3) is 6.10 Å². The van der Waals surface area contributed by atoms with Gasteiger partial charge in [0.1, 0.15) is 5.75 Å². The van der Waals surface area contributed by atoms with Crippen LogP contribution in [0, 0.1) is 6.92 Å². The van der Waals surface area contributed by atoms with Crippen LogP contribution in [-0.4, -0.2) is 42.0 Å². The van der Waals surface area contributed by atoms with Gasteiger partial charge < -0.3 is 23.7 Å². The van der Waals surface area contributed by atoms with Crippen LogP contribution >= 0.6 is 0 Å². The van der Waals surface area contributed by atoms with E-state index in [2.05, 4.69) is 4.98 Å². The third-order valence-electron chi connectivity index (χ3n) is 3.72. The summed E-state index contributed by atoms with van der Waals surface area (Å²) < 4.78 is 26.8. The fourth-order valence-electron chi connectivity index (χ4n) is 2.46. The fraction of sp³-hybridized carbons (Fsp3) is 0.611. The largest absolute Gasteiger partial charge is 0.464 e. The molecule has 0 spiro atoms. The van der Waals surface area contributed by atoms with E-state index in [0.29, 0.717) is 17.9 Å². The number of aromatic nitrogens is 1. The van der Waals surface area contributed by atoms with Gasteiger partial charge >= 0.3 is 11.9 Å². The molecule has 0 fully saturated rings. The molecule has 8 heteroatoms. The van der Waals surface area contributed by atoms with E-state index in [-0.39, 0.29) is 19.8 Å². The van der Waals surface area contributed by atoms with Crippen molar-refractivity contribution in [1.82, 2.24) is 4.98 Å². The van der Waals surface area contributed by atoms with Crippen molar-refractivity contribution >= 4 is 11.9 Å². The molecule has 0 bridgehead atoms. The third-order valence-corrected chi connectivity index (χ3v) is 3.72. The van der Waals surface area contributed by atoms with Crippen LogP contribution in [0.1, 0.15) is 44.5 Å². The van der Waals surface area contributed by atoms with Gasteiger partial charge in [0, 0.05) is 31.2 Å². The van der Waals surface area contributed by atoms with Crippen molar-refractivity contribution in [3.8, 4) is 5.75 Å². The number of carbonyl (C=O) groups excluding carboxylic acids is 2. The number of ether oxygens (including phenoxy) is 5. The minimum Gasteiger partial charge on any atom is -0.464 e. The average Bonchev–Trinajstić information content (AvgIpc) is 2.57. The monoisotopic (exact) mass is 367 g/mol. The predicted molar refractivity (Wildman–Crippen MR) is 90.3 cm³/mol. The van der Waals surface area contributed by atoms with Crippen LogP contribution in [0.5, 0.6) is 5.75 Å². The second kappa shape index (κ2) is 8.46. The standard InChI is InChI=1S/C18H25NO7/c1-6-22-16(20)15(17(21)23-7-2)24-9-12-8-19-11(3)14-13(12)10-25-18(4,5)26-14/h8,15H,6-7,9-10H2,1-5H3. The second-order valence-corrected chi connectivity index (χ2v) is 6.16. The van der Waals surface area contributed by atoms with E-state index in [4.69, 9.17) is 23.7 Å².